The first-order valence-corrected chi connectivity index (χ1v) is 11.4. The van der Waals surface area contributed by atoms with Crippen molar-refractivity contribution in [1.29, 1.82) is 0 Å². The van der Waals surface area contributed by atoms with Gasteiger partial charge in [-0.1, -0.05) is 0 Å². The molecule has 0 spiro atoms. The first-order valence-electron chi connectivity index (χ1n) is 11.4. The number of hydrogen-bond acceptors (Lipinski definition) is 7. The SMILES string of the molecule is COc1ccc2ncc3c(c2c1)CC(CN1C(C(N)=O)[CH]CC1C(=O)N1CCOCC1)CO3. The largest absolute Gasteiger partial charge is 0.497 e. The van der Waals surface area contributed by atoms with Crippen LogP contribution in [-0.4, -0.2) is 85.2 Å². The molecule has 9 heteroatoms. The summed E-state index contributed by atoms with van der Waals surface area (Å²) in [5, 5.41) is 0.997. The maximum absolute atomic E-state index is 13.3. The Kier molecular flexibility index (Phi) is 6.07. The summed E-state index contributed by atoms with van der Waals surface area (Å²) in [6.07, 6.45) is 4.90. The number of carbonyl (C=O) groups is 2. The highest BCUT2D eigenvalue weighted by Gasteiger charge is 2.43. The standard InChI is InChI=1S/C24H29N4O5/c1-31-16-2-3-19-17(11-16)18-10-15(14-33-22(18)12-26-19)13-28-20(23(25)29)4-5-21(28)24(30)27-6-8-32-9-7-27/h2-4,11-12,15,20-21H,5-10,13-14H2,1H3,(H2,25,29). The van der Waals surface area contributed by atoms with Gasteiger partial charge in [0.25, 0.3) is 0 Å². The Balaban J connectivity index is 1.38. The van der Waals surface area contributed by atoms with Gasteiger partial charge in [-0.05, 0) is 37.5 Å². The van der Waals surface area contributed by atoms with E-state index in [0.717, 1.165) is 34.4 Å². The number of nitrogens with two attached hydrogens (primary N) is 1. The van der Waals surface area contributed by atoms with Gasteiger partial charge in [-0.15, -0.1) is 0 Å². The van der Waals surface area contributed by atoms with Crippen molar-refractivity contribution in [2.45, 2.75) is 24.9 Å². The van der Waals surface area contributed by atoms with Crippen LogP contribution in [0, 0.1) is 12.3 Å². The summed E-state index contributed by atoms with van der Waals surface area (Å²) in [5.74, 6) is 1.24. The Morgan fingerprint density at radius 2 is 2.09 bits per heavy atom. The summed E-state index contributed by atoms with van der Waals surface area (Å²) >= 11 is 0. The van der Waals surface area contributed by atoms with Gasteiger partial charge in [0.1, 0.15) is 11.5 Å². The van der Waals surface area contributed by atoms with Gasteiger partial charge in [-0.25, -0.2) is 0 Å². The smallest absolute Gasteiger partial charge is 0.240 e. The second-order valence-electron chi connectivity index (χ2n) is 8.83. The molecule has 2 saturated heterocycles. The molecular weight excluding hydrogens is 424 g/mol. The fourth-order valence-corrected chi connectivity index (χ4v) is 5.12. The molecule has 5 rings (SSSR count). The predicted molar refractivity (Wildman–Crippen MR) is 121 cm³/mol. The highest BCUT2D eigenvalue weighted by molar-refractivity contribution is 5.88. The molecule has 2 N–H and O–H groups in total. The lowest BCUT2D eigenvalue weighted by Gasteiger charge is -2.36. The van der Waals surface area contributed by atoms with Gasteiger partial charge in [0.05, 0.1) is 50.7 Å². The number of morpholine rings is 1. The fraction of sp³-hybridized carbons (Fsp3) is 0.500. The van der Waals surface area contributed by atoms with Crippen LogP contribution in [-0.2, 0) is 20.7 Å². The van der Waals surface area contributed by atoms with Gasteiger partial charge in [-0.3, -0.25) is 19.5 Å². The molecule has 0 bridgehead atoms. The molecule has 1 aromatic carbocycles. The van der Waals surface area contributed by atoms with Gasteiger partial charge in [0.15, 0.2) is 0 Å². The Bertz CT molecular complexity index is 1050. The van der Waals surface area contributed by atoms with Gasteiger partial charge in [0, 0.05) is 36.5 Å². The zero-order valence-electron chi connectivity index (χ0n) is 18.7. The number of nitrogens with zero attached hydrogens (tertiary/aromatic N) is 3. The van der Waals surface area contributed by atoms with Crippen LogP contribution in [0.2, 0.25) is 0 Å². The van der Waals surface area contributed by atoms with Crippen molar-refractivity contribution in [2.24, 2.45) is 11.7 Å². The highest BCUT2D eigenvalue weighted by atomic mass is 16.5. The van der Waals surface area contributed by atoms with Crippen LogP contribution in [0.3, 0.4) is 0 Å². The summed E-state index contributed by atoms with van der Waals surface area (Å²) in [6, 6.07) is 4.86. The Labute approximate surface area is 192 Å². The number of fused-ring (bicyclic) bond motifs is 3. The van der Waals surface area contributed by atoms with Crippen LogP contribution >= 0.6 is 0 Å². The molecular formula is C24H29N4O5. The second kappa shape index (κ2) is 9.15. The molecule has 1 aromatic heterocycles. The van der Waals surface area contributed by atoms with Crippen molar-refractivity contribution in [1.82, 2.24) is 14.8 Å². The van der Waals surface area contributed by atoms with Crippen LogP contribution in [0.4, 0.5) is 0 Å². The molecule has 1 radical (unpaired) electrons. The zero-order valence-corrected chi connectivity index (χ0v) is 18.7. The van der Waals surface area contributed by atoms with E-state index in [-0.39, 0.29) is 11.8 Å². The van der Waals surface area contributed by atoms with E-state index in [1.165, 1.54) is 0 Å². The lowest BCUT2D eigenvalue weighted by Crippen LogP contribution is -2.54. The fourth-order valence-electron chi connectivity index (χ4n) is 5.12. The third kappa shape index (κ3) is 4.22. The summed E-state index contributed by atoms with van der Waals surface area (Å²) < 4.78 is 16.9. The number of hydrogen-bond donors (Lipinski definition) is 1. The Hall–Kier alpha value is -2.91. The van der Waals surface area contributed by atoms with E-state index in [9.17, 15) is 9.59 Å². The molecule has 3 unspecified atom stereocenters. The minimum atomic E-state index is -0.560. The number of ether oxygens (including phenoxy) is 3. The average molecular weight is 454 g/mol. The number of aromatic nitrogens is 1. The number of rotatable bonds is 5. The molecule has 4 heterocycles. The molecule has 33 heavy (non-hydrogen) atoms. The van der Waals surface area contributed by atoms with Crippen LogP contribution in [0.1, 0.15) is 12.0 Å². The zero-order chi connectivity index (χ0) is 22.9. The third-order valence-corrected chi connectivity index (χ3v) is 6.82. The molecule has 175 valence electrons. The maximum atomic E-state index is 13.3. The van der Waals surface area contributed by atoms with Crippen LogP contribution in [0.5, 0.6) is 11.5 Å². The number of amides is 2. The maximum Gasteiger partial charge on any atom is 0.240 e. The van der Waals surface area contributed by atoms with Crippen molar-refractivity contribution in [3.8, 4) is 11.5 Å². The molecule has 9 nitrogen and oxygen atoms in total. The predicted octanol–water partition coefficient (Wildman–Crippen LogP) is 0.786. The van der Waals surface area contributed by atoms with E-state index in [1.807, 2.05) is 34.4 Å². The number of primary amides is 1. The lowest BCUT2D eigenvalue weighted by molar-refractivity contribution is -0.141. The van der Waals surface area contributed by atoms with Gasteiger partial charge < -0.3 is 24.8 Å². The van der Waals surface area contributed by atoms with Crippen LogP contribution in [0.15, 0.2) is 24.4 Å². The normalized spacial score (nSPS) is 25.5. The summed E-state index contributed by atoms with van der Waals surface area (Å²) in [5.41, 5.74) is 7.66. The van der Waals surface area contributed by atoms with Crippen molar-refractivity contribution < 1.29 is 23.8 Å². The quantitative estimate of drug-likeness (QED) is 0.713. The molecule has 0 saturated carbocycles. The van der Waals surface area contributed by atoms with E-state index in [4.69, 9.17) is 19.9 Å². The molecule has 3 atom stereocenters. The summed E-state index contributed by atoms with van der Waals surface area (Å²) in [7, 11) is 1.64. The van der Waals surface area contributed by atoms with Crippen LogP contribution < -0.4 is 15.2 Å². The Morgan fingerprint density at radius 3 is 2.85 bits per heavy atom. The average Bonchev–Trinajstić information content (AvgIpc) is 3.27. The number of carbonyl (C=O) groups excluding carboxylic acids is 2. The van der Waals surface area contributed by atoms with Gasteiger partial charge in [-0.2, -0.15) is 0 Å². The highest BCUT2D eigenvalue weighted by Crippen LogP contribution is 2.36. The van der Waals surface area contributed by atoms with E-state index < -0.39 is 18.0 Å². The van der Waals surface area contributed by atoms with Crippen molar-refractivity contribution in [3.05, 3.63) is 36.4 Å². The molecule has 2 aromatic rings. The van der Waals surface area contributed by atoms with Crippen LogP contribution in [0.25, 0.3) is 10.9 Å². The molecule has 2 amide bonds. The minimum Gasteiger partial charge on any atom is -0.497 e. The molecule has 2 fully saturated rings. The summed E-state index contributed by atoms with van der Waals surface area (Å²) in [4.78, 5) is 33.8. The number of benzene rings is 1. The van der Waals surface area contributed by atoms with E-state index >= 15 is 0 Å². The Morgan fingerprint density at radius 1 is 1.27 bits per heavy atom. The summed E-state index contributed by atoms with van der Waals surface area (Å²) in [6.45, 7) is 3.26. The van der Waals surface area contributed by atoms with Gasteiger partial charge >= 0.3 is 0 Å². The monoisotopic (exact) mass is 453 g/mol. The second-order valence-corrected chi connectivity index (χ2v) is 8.83. The van der Waals surface area contributed by atoms with E-state index in [2.05, 4.69) is 4.98 Å². The van der Waals surface area contributed by atoms with E-state index in [1.54, 1.807) is 13.3 Å². The first kappa shape index (κ1) is 21.9. The van der Waals surface area contributed by atoms with Crippen molar-refractivity contribution in [2.75, 3.05) is 46.6 Å². The van der Waals surface area contributed by atoms with Crippen molar-refractivity contribution in [3.63, 3.8) is 0 Å². The topological polar surface area (TPSA) is 107 Å². The van der Waals surface area contributed by atoms with Crippen molar-refractivity contribution >= 4 is 22.7 Å². The first-order chi connectivity index (χ1) is 16.0. The number of methoxy groups -OCH3 is 1. The molecule has 0 aliphatic carbocycles. The van der Waals surface area contributed by atoms with Gasteiger partial charge in [0.2, 0.25) is 11.8 Å². The molecule has 3 aliphatic heterocycles. The number of likely N-dealkylation sites (tertiary alicyclic amines) is 1. The third-order valence-electron chi connectivity index (χ3n) is 6.82. The van der Waals surface area contributed by atoms with E-state index in [0.29, 0.717) is 45.9 Å². The lowest BCUT2D eigenvalue weighted by atomic mass is 9.93. The minimum absolute atomic E-state index is 0.0369. The molecule has 3 aliphatic rings. The number of pyridine rings is 1.